The second-order valence-corrected chi connectivity index (χ2v) is 13.5. The Morgan fingerprint density at radius 1 is 1.21 bits per heavy atom. The Labute approximate surface area is 242 Å². The summed E-state index contributed by atoms with van der Waals surface area (Å²) in [7, 11) is -2.54. The number of aliphatic hydroxyl groups is 1. The van der Waals surface area contributed by atoms with Gasteiger partial charge in [-0.3, -0.25) is 4.79 Å². The number of pyridine rings is 1. The van der Waals surface area contributed by atoms with Crippen molar-refractivity contribution in [2.45, 2.75) is 57.7 Å². The fraction of sp³-hybridized carbons (Fsp3) is 0.519. The summed E-state index contributed by atoms with van der Waals surface area (Å²) >= 11 is 0. The summed E-state index contributed by atoms with van der Waals surface area (Å²) in [5.41, 5.74) is -2.20. The average molecular weight is 613 g/mol. The highest BCUT2D eigenvalue weighted by molar-refractivity contribution is 7.90. The number of ether oxygens (including phenoxy) is 1. The molecule has 0 aromatic carbocycles. The maximum atomic E-state index is 13.5. The van der Waals surface area contributed by atoms with Crippen molar-refractivity contribution < 1.29 is 36.2 Å². The monoisotopic (exact) mass is 612 g/mol. The lowest BCUT2D eigenvalue weighted by Crippen LogP contribution is -2.41. The van der Waals surface area contributed by atoms with Crippen molar-refractivity contribution in [2.75, 3.05) is 24.7 Å². The minimum absolute atomic E-state index is 0.0156. The van der Waals surface area contributed by atoms with Crippen molar-refractivity contribution >= 4 is 21.7 Å². The van der Waals surface area contributed by atoms with Crippen molar-refractivity contribution in [1.82, 2.24) is 24.1 Å². The third-order valence-corrected chi connectivity index (χ3v) is 8.81. The van der Waals surface area contributed by atoms with Crippen LogP contribution in [0.15, 0.2) is 41.7 Å². The summed E-state index contributed by atoms with van der Waals surface area (Å²) in [6.07, 6.45) is 0.595. The summed E-state index contributed by atoms with van der Waals surface area (Å²) in [5.74, 6) is -0.671. The Morgan fingerprint density at radius 3 is 2.48 bits per heavy atom. The van der Waals surface area contributed by atoms with Gasteiger partial charge in [0, 0.05) is 56.3 Å². The predicted molar refractivity (Wildman–Crippen MR) is 148 cm³/mol. The molecule has 1 amide bonds. The number of amides is 1. The summed E-state index contributed by atoms with van der Waals surface area (Å²) in [4.78, 5) is 19.9. The molecule has 1 saturated heterocycles. The van der Waals surface area contributed by atoms with Gasteiger partial charge in [0.1, 0.15) is 17.3 Å². The van der Waals surface area contributed by atoms with Crippen LogP contribution >= 0.6 is 0 Å². The van der Waals surface area contributed by atoms with E-state index in [0.717, 1.165) is 13.8 Å². The summed E-state index contributed by atoms with van der Waals surface area (Å²) in [6.45, 7) is 7.13. The molecule has 1 aliphatic rings. The van der Waals surface area contributed by atoms with E-state index in [1.165, 1.54) is 35.3 Å². The van der Waals surface area contributed by atoms with Gasteiger partial charge in [0.05, 0.1) is 11.0 Å². The minimum atomic E-state index is -4.47. The maximum absolute atomic E-state index is 13.5. The van der Waals surface area contributed by atoms with Gasteiger partial charge in [-0.1, -0.05) is 0 Å². The molecular formula is C27H35F3N6O5S. The van der Waals surface area contributed by atoms with Gasteiger partial charge in [0.25, 0.3) is 15.9 Å². The lowest BCUT2D eigenvalue weighted by Gasteiger charge is -2.34. The third kappa shape index (κ3) is 6.26. The largest absolute Gasteiger partial charge is 0.476 e. The highest BCUT2D eigenvalue weighted by atomic mass is 32.2. The fourth-order valence-corrected chi connectivity index (χ4v) is 6.13. The second-order valence-electron chi connectivity index (χ2n) is 11.9. The molecule has 0 aliphatic carbocycles. The number of nitrogens with zero attached hydrogens (tertiary/aromatic N) is 5. The zero-order chi connectivity index (χ0) is 31.3. The number of nitrogens with one attached hydrogen (secondary N) is 1. The van der Waals surface area contributed by atoms with E-state index in [9.17, 15) is 31.5 Å². The molecule has 4 heterocycles. The van der Waals surface area contributed by atoms with E-state index in [0.29, 0.717) is 18.5 Å². The fourth-order valence-electron chi connectivity index (χ4n) is 4.89. The zero-order valence-corrected chi connectivity index (χ0v) is 25.0. The van der Waals surface area contributed by atoms with Crippen LogP contribution in [0.1, 0.15) is 50.0 Å². The minimum Gasteiger partial charge on any atom is -0.476 e. The molecule has 0 bridgehead atoms. The average Bonchev–Trinajstić information content (AvgIpc) is 3.57. The molecule has 0 spiro atoms. The topological polar surface area (TPSA) is 132 Å². The molecule has 1 aliphatic heterocycles. The first-order chi connectivity index (χ1) is 19.3. The van der Waals surface area contributed by atoms with Gasteiger partial charge in [0.15, 0.2) is 5.82 Å². The van der Waals surface area contributed by atoms with E-state index in [1.807, 2.05) is 18.7 Å². The summed E-state index contributed by atoms with van der Waals surface area (Å²) < 4.78 is 76.2. The predicted octanol–water partition coefficient (Wildman–Crippen LogP) is 3.60. The van der Waals surface area contributed by atoms with E-state index in [4.69, 9.17) is 4.74 Å². The first-order valence-electron chi connectivity index (χ1n) is 13.2. The summed E-state index contributed by atoms with van der Waals surface area (Å²) in [5, 5.41) is 14.0. The van der Waals surface area contributed by atoms with Crippen LogP contribution in [0.3, 0.4) is 0 Å². The molecule has 2 N–H and O–H groups in total. The Bertz CT molecular complexity index is 1580. The molecule has 11 nitrogen and oxygen atoms in total. The number of hydrogen-bond donors (Lipinski definition) is 2. The van der Waals surface area contributed by atoms with E-state index >= 15 is 0 Å². The van der Waals surface area contributed by atoms with Crippen LogP contribution in [-0.4, -0.2) is 70.2 Å². The van der Waals surface area contributed by atoms with Crippen molar-refractivity contribution in [1.29, 1.82) is 0 Å². The van der Waals surface area contributed by atoms with Crippen LogP contribution in [0.5, 0.6) is 5.88 Å². The van der Waals surface area contributed by atoms with Crippen molar-refractivity contribution in [3.63, 3.8) is 0 Å². The van der Waals surface area contributed by atoms with Gasteiger partial charge >= 0.3 is 6.18 Å². The molecule has 230 valence electrons. The van der Waals surface area contributed by atoms with Crippen LogP contribution in [-0.2, 0) is 17.1 Å². The normalized spacial score (nSPS) is 17.5. The number of sulfonamides is 1. The Kier molecular flexibility index (Phi) is 8.15. The number of hydrogen-bond acceptors (Lipinski definition) is 8. The lowest BCUT2D eigenvalue weighted by molar-refractivity contribution is -0.219. The van der Waals surface area contributed by atoms with E-state index < -0.39 is 39.7 Å². The number of halogens is 3. The Hall–Kier alpha value is -3.59. The highest BCUT2D eigenvalue weighted by Crippen LogP contribution is 2.39. The Balaban J connectivity index is 1.69. The molecular weight excluding hydrogens is 577 g/mol. The first kappa shape index (κ1) is 31.3. The number of aliphatic hydroxyl groups excluding tert-OH is 1. The molecule has 15 heteroatoms. The van der Waals surface area contributed by atoms with Gasteiger partial charge in [-0.2, -0.15) is 13.2 Å². The number of alkyl halides is 3. The number of aromatic nitrogens is 4. The van der Waals surface area contributed by atoms with E-state index in [-0.39, 0.29) is 40.5 Å². The second kappa shape index (κ2) is 10.9. The van der Waals surface area contributed by atoms with Gasteiger partial charge in [-0.15, -0.1) is 5.10 Å². The molecule has 3 aromatic rings. The third-order valence-electron chi connectivity index (χ3n) is 7.35. The van der Waals surface area contributed by atoms with Crippen LogP contribution in [0, 0.1) is 18.3 Å². The highest BCUT2D eigenvalue weighted by Gasteiger charge is 2.48. The van der Waals surface area contributed by atoms with Crippen LogP contribution in [0.2, 0.25) is 0 Å². The number of aryl methyl sites for hydroxylation is 2. The zero-order valence-electron chi connectivity index (χ0n) is 24.2. The van der Waals surface area contributed by atoms with Gasteiger partial charge in [-0.05, 0) is 58.7 Å². The molecule has 1 unspecified atom stereocenters. The standard InChI is InChI=1S/C27H35F3N6O5S/c1-17-12-34(6)14-20(17)42(39,40)33-24(38)19-7-8-21(31-23(19)35-13-18(15-37)11-26(35,4)5)36-10-9-22(32-36)41-16-25(2,3)27(28,29)30/h7-10,12,14,18,37H,11,13,15-16H2,1-6H3,(H,33,38). The van der Waals surface area contributed by atoms with Gasteiger partial charge in [-0.25, -0.2) is 22.8 Å². The molecule has 0 radical (unpaired) electrons. The van der Waals surface area contributed by atoms with Crippen molar-refractivity contribution in [3.05, 3.63) is 47.9 Å². The van der Waals surface area contributed by atoms with Crippen LogP contribution in [0.4, 0.5) is 19.0 Å². The molecule has 0 saturated carbocycles. The molecule has 4 rings (SSSR count). The maximum Gasteiger partial charge on any atom is 0.397 e. The molecule has 42 heavy (non-hydrogen) atoms. The number of carbonyl (C=O) groups excluding carboxylic acids is 1. The Morgan fingerprint density at radius 2 is 1.90 bits per heavy atom. The quantitative estimate of drug-likeness (QED) is 0.375. The SMILES string of the molecule is Cc1cn(C)cc1S(=O)(=O)NC(=O)c1ccc(-n2ccc(OCC(C)(C)C(F)(F)F)n2)nc1N1CC(CO)CC1(C)C. The van der Waals surface area contributed by atoms with Gasteiger partial charge < -0.3 is 19.3 Å². The van der Waals surface area contributed by atoms with E-state index in [1.54, 1.807) is 24.7 Å². The number of carbonyl (C=O) groups is 1. The van der Waals surface area contributed by atoms with E-state index in [2.05, 4.69) is 14.8 Å². The van der Waals surface area contributed by atoms with Crippen LogP contribution in [0.25, 0.3) is 5.82 Å². The van der Waals surface area contributed by atoms with Crippen molar-refractivity contribution in [2.24, 2.45) is 18.4 Å². The number of anilines is 1. The molecule has 3 aromatic heterocycles. The summed E-state index contributed by atoms with van der Waals surface area (Å²) in [6, 6.07) is 4.25. The smallest absolute Gasteiger partial charge is 0.397 e. The first-order valence-corrected chi connectivity index (χ1v) is 14.7. The molecule has 1 fully saturated rings. The van der Waals surface area contributed by atoms with Gasteiger partial charge in [0.2, 0.25) is 5.88 Å². The van der Waals surface area contributed by atoms with Crippen LogP contribution < -0.4 is 14.4 Å². The number of rotatable bonds is 9. The lowest BCUT2D eigenvalue weighted by atomic mass is 9.94. The molecule has 1 atom stereocenters. The van der Waals surface area contributed by atoms with Crippen molar-refractivity contribution in [3.8, 4) is 11.7 Å².